The zero-order valence-corrected chi connectivity index (χ0v) is 17.5. The Labute approximate surface area is 172 Å². The van der Waals surface area contributed by atoms with Crippen molar-refractivity contribution in [3.05, 3.63) is 47.7 Å². The van der Waals surface area contributed by atoms with Gasteiger partial charge < -0.3 is 14.8 Å². The van der Waals surface area contributed by atoms with E-state index in [0.29, 0.717) is 17.1 Å². The molecule has 0 fully saturated rings. The largest absolute Gasteiger partial charge is 0.503 e. The van der Waals surface area contributed by atoms with Crippen LogP contribution in [0.3, 0.4) is 0 Å². The van der Waals surface area contributed by atoms with E-state index in [-0.39, 0.29) is 6.10 Å². The highest BCUT2D eigenvalue weighted by Gasteiger charge is 2.49. The molecule has 2 rings (SSSR count). The average molecular weight is 446 g/mol. The number of pyridine rings is 1. The number of benzene rings is 1. The predicted molar refractivity (Wildman–Crippen MR) is 102 cm³/mol. The van der Waals surface area contributed by atoms with Crippen LogP contribution in [0, 0.1) is 0 Å². The van der Waals surface area contributed by atoms with Crippen LogP contribution in [0.2, 0.25) is 0 Å². The van der Waals surface area contributed by atoms with Crippen LogP contribution in [-0.4, -0.2) is 38.0 Å². The Kier molecular flexibility index (Phi) is 6.96. The number of nitrogens with zero attached hydrogens (tertiary/aromatic N) is 1. The van der Waals surface area contributed by atoms with E-state index in [0.717, 1.165) is 12.3 Å². The molecule has 0 aliphatic rings. The molecular weight excluding hydrogens is 425 g/mol. The van der Waals surface area contributed by atoms with Crippen molar-refractivity contribution in [3.8, 4) is 11.5 Å². The van der Waals surface area contributed by atoms with Crippen LogP contribution in [0.5, 0.6) is 11.5 Å². The molecule has 0 aliphatic heterocycles. The summed E-state index contributed by atoms with van der Waals surface area (Å²) >= 11 is 0. The summed E-state index contributed by atoms with van der Waals surface area (Å²) < 4.78 is 73.1. The number of carbonyl (C=O) groups is 1. The lowest BCUT2D eigenvalue weighted by Gasteiger charge is -2.19. The number of rotatable bonds is 7. The van der Waals surface area contributed by atoms with Crippen molar-refractivity contribution in [1.82, 2.24) is 10.3 Å². The minimum absolute atomic E-state index is 0.0959. The molecule has 1 atom stereocenters. The zero-order chi connectivity index (χ0) is 22.7. The third-order valence-corrected chi connectivity index (χ3v) is 5.42. The predicted octanol–water partition coefficient (Wildman–Crippen LogP) is 3.66. The second-order valence-electron chi connectivity index (χ2n) is 6.58. The number of ether oxygens (including phenoxy) is 2. The fraction of sp³-hybridized carbons (Fsp3) is 0.368. The molecule has 1 unspecified atom stereocenters. The Bertz CT molecular complexity index is 1020. The van der Waals surface area contributed by atoms with Gasteiger partial charge in [0.05, 0.1) is 24.8 Å². The molecule has 164 valence electrons. The van der Waals surface area contributed by atoms with E-state index in [4.69, 9.17) is 9.47 Å². The molecule has 1 amide bonds. The highest BCUT2D eigenvalue weighted by atomic mass is 32.2. The van der Waals surface area contributed by atoms with Gasteiger partial charge in [0, 0.05) is 6.20 Å². The first-order valence-corrected chi connectivity index (χ1v) is 10.3. The fourth-order valence-corrected chi connectivity index (χ4v) is 3.42. The second kappa shape index (κ2) is 8.90. The maximum absolute atomic E-state index is 12.9. The number of sulfone groups is 1. The Morgan fingerprint density at radius 2 is 1.80 bits per heavy atom. The van der Waals surface area contributed by atoms with Crippen molar-refractivity contribution in [2.75, 3.05) is 7.11 Å². The van der Waals surface area contributed by atoms with Gasteiger partial charge >= 0.3 is 5.51 Å². The van der Waals surface area contributed by atoms with E-state index in [1.54, 1.807) is 25.1 Å². The molecule has 0 bridgehead atoms. The Morgan fingerprint density at radius 1 is 1.13 bits per heavy atom. The number of hydrogen-bond donors (Lipinski definition) is 1. The topological polar surface area (TPSA) is 94.6 Å². The molecule has 1 aromatic heterocycles. The van der Waals surface area contributed by atoms with Gasteiger partial charge in [0.1, 0.15) is 0 Å². The van der Waals surface area contributed by atoms with Gasteiger partial charge in [-0.2, -0.15) is 13.2 Å². The third kappa shape index (κ3) is 5.02. The van der Waals surface area contributed by atoms with Crippen LogP contribution in [0.4, 0.5) is 13.2 Å². The highest BCUT2D eigenvalue weighted by Crippen LogP contribution is 2.32. The first-order chi connectivity index (χ1) is 13.9. The van der Waals surface area contributed by atoms with Gasteiger partial charge in [0.2, 0.25) is 0 Å². The molecule has 0 spiro atoms. The van der Waals surface area contributed by atoms with Gasteiger partial charge in [0.25, 0.3) is 15.7 Å². The molecule has 0 saturated carbocycles. The van der Waals surface area contributed by atoms with E-state index in [2.05, 4.69) is 10.3 Å². The first kappa shape index (κ1) is 23.5. The summed E-state index contributed by atoms with van der Waals surface area (Å²) in [7, 11) is -4.34. The number of nitrogens with one attached hydrogen (secondary N) is 1. The lowest BCUT2D eigenvalue weighted by molar-refractivity contribution is -0.0438. The van der Waals surface area contributed by atoms with Crippen molar-refractivity contribution >= 4 is 15.7 Å². The summed E-state index contributed by atoms with van der Waals surface area (Å²) in [5.74, 6) is -0.121. The molecule has 0 aliphatic carbocycles. The van der Waals surface area contributed by atoms with Crippen molar-refractivity contribution in [2.45, 2.75) is 43.5 Å². The normalized spacial score (nSPS) is 13.1. The van der Waals surface area contributed by atoms with Crippen molar-refractivity contribution in [3.63, 3.8) is 0 Å². The van der Waals surface area contributed by atoms with Crippen LogP contribution >= 0.6 is 0 Å². The second-order valence-corrected chi connectivity index (χ2v) is 8.43. The number of carbonyl (C=O) groups excluding carboxylic acids is 1. The van der Waals surface area contributed by atoms with Gasteiger partial charge in [-0.3, -0.25) is 4.79 Å². The Morgan fingerprint density at radius 3 is 2.37 bits per heavy atom. The third-order valence-electron chi connectivity index (χ3n) is 3.97. The van der Waals surface area contributed by atoms with Gasteiger partial charge in [-0.1, -0.05) is 6.07 Å². The molecule has 7 nitrogen and oxygen atoms in total. The summed E-state index contributed by atoms with van der Waals surface area (Å²) in [6.45, 7) is 5.28. The van der Waals surface area contributed by atoms with E-state index in [1.807, 2.05) is 13.8 Å². The SMILES string of the molecule is COc1cc(C(C)NC(=O)c2cccnc2S(=O)(=O)C(F)(F)F)ccc1OC(C)C. The summed E-state index contributed by atoms with van der Waals surface area (Å²) in [6.07, 6.45) is 0.776. The smallest absolute Gasteiger partial charge is 0.493 e. The summed E-state index contributed by atoms with van der Waals surface area (Å²) in [5, 5.41) is 1.13. The lowest BCUT2D eigenvalue weighted by atomic mass is 10.1. The summed E-state index contributed by atoms with van der Waals surface area (Å²) in [5.41, 5.74) is -5.71. The summed E-state index contributed by atoms with van der Waals surface area (Å²) in [4.78, 5) is 15.8. The maximum Gasteiger partial charge on any atom is 0.503 e. The Hall–Kier alpha value is -2.82. The number of halogens is 3. The number of hydrogen-bond acceptors (Lipinski definition) is 6. The van der Waals surface area contributed by atoms with Crippen LogP contribution in [0.15, 0.2) is 41.6 Å². The van der Waals surface area contributed by atoms with Crippen LogP contribution in [0.1, 0.15) is 42.7 Å². The first-order valence-electron chi connectivity index (χ1n) is 8.80. The number of aromatic nitrogens is 1. The Balaban J connectivity index is 2.32. The average Bonchev–Trinajstić information content (AvgIpc) is 2.66. The molecule has 0 saturated heterocycles. The van der Waals surface area contributed by atoms with Gasteiger partial charge in [-0.05, 0) is 50.6 Å². The molecule has 1 aromatic carbocycles. The van der Waals surface area contributed by atoms with Crippen molar-refractivity contribution < 1.29 is 35.9 Å². The monoisotopic (exact) mass is 446 g/mol. The highest BCUT2D eigenvalue weighted by molar-refractivity contribution is 7.92. The van der Waals surface area contributed by atoms with Gasteiger partial charge in [-0.15, -0.1) is 0 Å². The van der Waals surface area contributed by atoms with E-state index in [9.17, 15) is 26.4 Å². The number of methoxy groups -OCH3 is 1. The van der Waals surface area contributed by atoms with E-state index < -0.39 is 37.9 Å². The van der Waals surface area contributed by atoms with Crippen molar-refractivity contribution in [2.24, 2.45) is 0 Å². The van der Waals surface area contributed by atoms with Crippen LogP contribution in [0.25, 0.3) is 0 Å². The fourth-order valence-electron chi connectivity index (χ4n) is 2.55. The molecule has 1 N–H and O–H groups in total. The standard InChI is InChI=1S/C19H21F3N2O5S/c1-11(2)29-15-8-7-13(10-16(15)28-4)12(3)24-17(25)14-6-5-9-23-18(14)30(26,27)19(20,21)22/h5-12H,1-4H3,(H,24,25). The number of amides is 1. The zero-order valence-electron chi connectivity index (χ0n) is 16.6. The van der Waals surface area contributed by atoms with Gasteiger partial charge in [0.15, 0.2) is 16.5 Å². The minimum atomic E-state index is -5.79. The van der Waals surface area contributed by atoms with E-state index in [1.165, 1.54) is 13.2 Å². The molecule has 0 radical (unpaired) electrons. The minimum Gasteiger partial charge on any atom is -0.493 e. The molecule has 11 heteroatoms. The van der Waals surface area contributed by atoms with Crippen molar-refractivity contribution in [1.29, 1.82) is 0 Å². The maximum atomic E-state index is 12.9. The van der Waals surface area contributed by atoms with Crippen LogP contribution in [-0.2, 0) is 9.84 Å². The quantitative estimate of drug-likeness (QED) is 0.698. The molecule has 2 aromatic rings. The van der Waals surface area contributed by atoms with Crippen LogP contribution < -0.4 is 14.8 Å². The molecule has 30 heavy (non-hydrogen) atoms. The lowest BCUT2D eigenvalue weighted by Crippen LogP contribution is -2.31. The van der Waals surface area contributed by atoms with E-state index >= 15 is 0 Å². The molecular formula is C19H21F3N2O5S. The molecule has 1 heterocycles. The van der Waals surface area contributed by atoms with Gasteiger partial charge in [-0.25, -0.2) is 13.4 Å². The summed E-state index contributed by atoms with van der Waals surface area (Å²) in [6, 6.07) is 6.37. The number of alkyl halides is 3.